The number of aromatic nitrogens is 2. The van der Waals surface area contributed by atoms with E-state index in [4.69, 9.17) is 0 Å². The highest BCUT2D eigenvalue weighted by molar-refractivity contribution is 6.08. The van der Waals surface area contributed by atoms with Crippen molar-refractivity contribution >= 4 is 22.6 Å². The number of hydrogen-bond acceptors (Lipinski definition) is 2. The molecule has 4 rings (SSSR count). The number of nitrogens with zero attached hydrogens (tertiary/aromatic N) is 2. The predicted octanol–water partition coefficient (Wildman–Crippen LogP) is 3.33. The Morgan fingerprint density at radius 3 is 3.05 bits per heavy atom. The lowest BCUT2D eigenvalue weighted by Gasteiger charge is -2.17. The maximum absolute atomic E-state index is 12.8. The lowest BCUT2D eigenvalue weighted by molar-refractivity contribution is 0.0988. The number of amides is 1. The lowest BCUT2D eigenvalue weighted by atomic mass is 10.0. The van der Waals surface area contributed by atoms with E-state index in [0.29, 0.717) is 11.5 Å². The van der Waals surface area contributed by atoms with Gasteiger partial charge in [0, 0.05) is 23.7 Å². The standard InChI is InChI=1S/C17H15N3O/c1-11-9-20(16-5-3-2-4-13(11)16)17(21)12-6-7-14-15(8-12)19-10-18-14/h2-8,10-11H,9H2,1H3,(H,18,19). The minimum Gasteiger partial charge on any atom is -0.345 e. The maximum atomic E-state index is 12.8. The third-order valence-corrected chi connectivity index (χ3v) is 4.13. The third kappa shape index (κ3) is 1.83. The fraction of sp³-hybridized carbons (Fsp3) is 0.176. The highest BCUT2D eigenvalue weighted by atomic mass is 16.2. The van der Waals surface area contributed by atoms with Crippen LogP contribution < -0.4 is 4.90 Å². The Kier molecular flexibility index (Phi) is 2.57. The molecule has 1 aliphatic heterocycles. The Balaban J connectivity index is 1.75. The SMILES string of the molecule is CC1CN(C(=O)c2ccc3nc[nH]c3c2)c2ccccc21. The van der Waals surface area contributed by atoms with Gasteiger partial charge in [0.1, 0.15) is 0 Å². The first kappa shape index (κ1) is 12.1. The van der Waals surface area contributed by atoms with Crippen LogP contribution in [-0.2, 0) is 0 Å². The van der Waals surface area contributed by atoms with Crippen molar-refractivity contribution in [2.24, 2.45) is 0 Å². The van der Waals surface area contributed by atoms with Gasteiger partial charge < -0.3 is 9.88 Å². The van der Waals surface area contributed by atoms with E-state index in [1.165, 1.54) is 5.56 Å². The number of anilines is 1. The second-order valence-corrected chi connectivity index (χ2v) is 5.51. The van der Waals surface area contributed by atoms with Gasteiger partial charge in [0.25, 0.3) is 5.91 Å². The predicted molar refractivity (Wildman–Crippen MR) is 82.6 cm³/mol. The number of nitrogens with one attached hydrogen (secondary N) is 1. The molecule has 1 unspecified atom stereocenters. The minimum atomic E-state index is 0.0447. The van der Waals surface area contributed by atoms with Crippen LogP contribution in [-0.4, -0.2) is 22.4 Å². The molecular formula is C17H15N3O. The van der Waals surface area contributed by atoms with Gasteiger partial charge >= 0.3 is 0 Å². The molecule has 1 N–H and O–H groups in total. The fourth-order valence-corrected chi connectivity index (χ4v) is 3.04. The van der Waals surface area contributed by atoms with Crippen LogP contribution >= 0.6 is 0 Å². The van der Waals surface area contributed by atoms with Crippen LogP contribution in [0.15, 0.2) is 48.8 Å². The molecule has 1 aliphatic rings. The maximum Gasteiger partial charge on any atom is 0.258 e. The van der Waals surface area contributed by atoms with E-state index in [2.05, 4.69) is 23.0 Å². The Hall–Kier alpha value is -2.62. The molecule has 0 saturated carbocycles. The van der Waals surface area contributed by atoms with Crippen molar-refractivity contribution < 1.29 is 4.79 Å². The first-order chi connectivity index (χ1) is 10.2. The summed E-state index contributed by atoms with van der Waals surface area (Å²) >= 11 is 0. The molecule has 104 valence electrons. The van der Waals surface area contributed by atoms with Crippen molar-refractivity contribution in [1.82, 2.24) is 9.97 Å². The Morgan fingerprint density at radius 2 is 2.14 bits per heavy atom. The van der Waals surface area contributed by atoms with E-state index in [9.17, 15) is 4.79 Å². The molecule has 2 aromatic carbocycles. The van der Waals surface area contributed by atoms with Crippen molar-refractivity contribution in [1.29, 1.82) is 0 Å². The molecule has 4 nitrogen and oxygen atoms in total. The van der Waals surface area contributed by atoms with Crippen molar-refractivity contribution in [2.75, 3.05) is 11.4 Å². The molecule has 0 radical (unpaired) electrons. The largest absolute Gasteiger partial charge is 0.345 e. The molecule has 0 fully saturated rings. The molecule has 0 aliphatic carbocycles. The van der Waals surface area contributed by atoms with E-state index in [0.717, 1.165) is 23.3 Å². The van der Waals surface area contributed by atoms with Crippen molar-refractivity contribution in [3.8, 4) is 0 Å². The first-order valence-electron chi connectivity index (χ1n) is 7.08. The molecule has 2 heterocycles. The summed E-state index contributed by atoms with van der Waals surface area (Å²) in [7, 11) is 0. The molecule has 0 bridgehead atoms. The molecule has 0 spiro atoms. The number of fused-ring (bicyclic) bond motifs is 2. The van der Waals surface area contributed by atoms with Crippen LogP contribution in [0.25, 0.3) is 11.0 Å². The normalized spacial score (nSPS) is 17.2. The van der Waals surface area contributed by atoms with Crippen LogP contribution in [0.4, 0.5) is 5.69 Å². The zero-order valence-corrected chi connectivity index (χ0v) is 11.7. The van der Waals surface area contributed by atoms with Crippen LogP contribution in [0.1, 0.15) is 28.8 Å². The molecule has 1 atom stereocenters. The number of aromatic amines is 1. The van der Waals surface area contributed by atoms with Gasteiger partial charge in [-0.3, -0.25) is 4.79 Å². The van der Waals surface area contributed by atoms with Crippen LogP contribution in [0.3, 0.4) is 0 Å². The van der Waals surface area contributed by atoms with Gasteiger partial charge in [0.2, 0.25) is 0 Å². The van der Waals surface area contributed by atoms with Crippen LogP contribution in [0.5, 0.6) is 0 Å². The van der Waals surface area contributed by atoms with Crippen molar-refractivity contribution in [3.63, 3.8) is 0 Å². The Morgan fingerprint density at radius 1 is 1.29 bits per heavy atom. The van der Waals surface area contributed by atoms with E-state index in [1.807, 2.05) is 41.3 Å². The summed E-state index contributed by atoms with van der Waals surface area (Å²) in [5.41, 5.74) is 4.73. The third-order valence-electron chi connectivity index (χ3n) is 4.13. The highest BCUT2D eigenvalue weighted by Crippen LogP contribution is 2.36. The lowest BCUT2D eigenvalue weighted by Crippen LogP contribution is -2.29. The fourth-order valence-electron chi connectivity index (χ4n) is 3.04. The average Bonchev–Trinajstić information content (AvgIpc) is 3.11. The van der Waals surface area contributed by atoms with Crippen LogP contribution in [0, 0.1) is 0 Å². The van der Waals surface area contributed by atoms with Gasteiger partial charge in [-0.05, 0) is 29.8 Å². The Bertz CT molecular complexity index is 837. The number of imidazole rings is 1. The number of rotatable bonds is 1. The monoisotopic (exact) mass is 277 g/mol. The summed E-state index contributed by atoms with van der Waals surface area (Å²) in [5, 5.41) is 0. The van der Waals surface area contributed by atoms with Gasteiger partial charge in [-0.2, -0.15) is 0 Å². The second-order valence-electron chi connectivity index (χ2n) is 5.51. The summed E-state index contributed by atoms with van der Waals surface area (Å²) in [5.74, 6) is 0.421. The molecule has 3 aromatic rings. The average molecular weight is 277 g/mol. The topological polar surface area (TPSA) is 49.0 Å². The van der Waals surface area contributed by atoms with E-state index in [1.54, 1.807) is 6.33 Å². The molecule has 4 heteroatoms. The highest BCUT2D eigenvalue weighted by Gasteiger charge is 2.30. The van der Waals surface area contributed by atoms with E-state index >= 15 is 0 Å². The smallest absolute Gasteiger partial charge is 0.258 e. The molecule has 1 aromatic heterocycles. The molecular weight excluding hydrogens is 262 g/mol. The quantitative estimate of drug-likeness (QED) is 0.741. The van der Waals surface area contributed by atoms with Gasteiger partial charge in [0.15, 0.2) is 0 Å². The van der Waals surface area contributed by atoms with Crippen molar-refractivity contribution in [3.05, 3.63) is 59.9 Å². The van der Waals surface area contributed by atoms with Gasteiger partial charge in [-0.15, -0.1) is 0 Å². The van der Waals surface area contributed by atoms with Crippen LogP contribution in [0.2, 0.25) is 0 Å². The van der Waals surface area contributed by atoms with E-state index in [-0.39, 0.29) is 5.91 Å². The summed E-state index contributed by atoms with van der Waals surface area (Å²) < 4.78 is 0. The van der Waals surface area contributed by atoms with Gasteiger partial charge in [-0.1, -0.05) is 25.1 Å². The zero-order chi connectivity index (χ0) is 14.4. The first-order valence-corrected chi connectivity index (χ1v) is 7.08. The summed E-state index contributed by atoms with van der Waals surface area (Å²) in [4.78, 5) is 21.9. The summed E-state index contributed by atoms with van der Waals surface area (Å²) in [6, 6.07) is 13.7. The summed E-state index contributed by atoms with van der Waals surface area (Å²) in [6.07, 6.45) is 1.64. The number of H-pyrrole nitrogens is 1. The molecule has 21 heavy (non-hydrogen) atoms. The zero-order valence-electron chi connectivity index (χ0n) is 11.7. The number of para-hydroxylation sites is 1. The second kappa shape index (κ2) is 4.45. The Labute approximate surface area is 122 Å². The van der Waals surface area contributed by atoms with Gasteiger partial charge in [0.05, 0.1) is 17.4 Å². The number of carbonyl (C=O) groups excluding carboxylic acids is 1. The number of benzene rings is 2. The molecule has 1 amide bonds. The van der Waals surface area contributed by atoms with Gasteiger partial charge in [-0.25, -0.2) is 4.98 Å². The number of carbonyl (C=O) groups is 1. The van der Waals surface area contributed by atoms with E-state index < -0.39 is 0 Å². The minimum absolute atomic E-state index is 0.0447. The molecule has 0 saturated heterocycles. The number of hydrogen-bond donors (Lipinski definition) is 1. The van der Waals surface area contributed by atoms with Crippen molar-refractivity contribution in [2.45, 2.75) is 12.8 Å². The summed E-state index contributed by atoms with van der Waals surface area (Å²) in [6.45, 7) is 2.89.